The molecule has 1 amide bonds. The standard InChI is InChI=1S/C13H17ClN2O2/c14-9-3-4-12-10(8-9)11(2-1-7-18-12)16-13(17)5-6-15/h3-4,8,11H,1-2,5-7,15H2,(H,16,17). The smallest absolute Gasteiger partial charge is 0.221 e. The lowest BCUT2D eigenvalue weighted by atomic mass is 10.0. The highest BCUT2D eigenvalue weighted by molar-refractivity contribution is 6.30. The Labute approximate surface area is 111 Å². The van der Waals surface area contributed by atoms with Gasteiger partial charge >= 0.3 is 0 Å². The van der Waals surface area contributed by atoms with Crippen molar-refractivity contribution >= 4 is 17.5 Å². The number of fused-ring (bicyclic) bond motifs is 1. The lowest BCUT2D eigenvalue weighted by molar-refractivity contribution is -0.121. The average molecular weight is 269 g/mol. The molecular formula is C13H17ClN2O2. The fourth-order valence-corrected chi connectivity index (χ4v) is 2.28. The predicted octanol–water partition coefficient (Wildman–Crippen LogP) is 2.02. The van der Waals surface area contributed by atoms with Gasteiger partial charge in [0.1, 0.15) is 5.75 Å². The molecule has 0 fully saturated rings. The van der Waals surface area contributed by atoms with Gasteiger partial charge in [0.15, 0.2) is 0 Å². The van der Waals surface area contributed by atoms with Crippen LogP contribution < -0.4 is 15.8 Å². The summed E-state index contributed by atoms with van der Waals surface area (Å²) in [4.78, 5) is 11.7. The summed E-state index contributed by atoms with van der Waals surface area (Å²) < 4.78 is 5.64. The zero-order chi connectivity index (χ0) is 13.0. The number of ether oxygens (including phenoxy) is 1. The molecule has 1 aliphatic rings. The summed E-state index contributed by atoms with van der Waals surface area (Å²) >= 11 is 6.00. The van der Waals surface area contributed by atoms with Crippen LogP contribution >= 0.6 is 11.6 Å². The van der Waals surface area contributed by atoms with Crippen molar-refractivity contribution in [2.75, 3.05) is 13.2 Å². The van der Waals surface area contributed by atoms with Crippen molar-refractivity contribution < 1.29 is 9.53 Å². The van der Waals surface area contributed by atoms with Gasteiger partial charge < -0.3 is 15.8 Å². The zero-order valence-corrected chi connectivity index (χ0v) is 10.9. The fraction of sp³-hybridized carbons (Fsp3) is 0.462. The minimum Gasteiger partial charge on any atom is -0.493 e. The summed E-state index contributed by atoms with van der Waals surface area (Å²) in [6.07, 6.45) is 2.09. The first-order chi connectivity index (χ1) is 8.70. The van der Waals surface area contributed by atoms with Crippen molar-refractivity contribution in [1.29, 1.82) is 0 Å². The maximum atomic E-state index is 11.7. The number of hydrogen-bond donors (Lipinski definition) is 2. The summed E-state index contributed by atoms with van der Waals surface area (Å²) in [5, 5.41) is 3.64. The molecule has 0 spiro atoms. The molecule has 4 nitrogen and oxygen atoms in total. The normalized spacial score (nSPS) is 18.4. The first kappa shape index (κ1) is 13.2. The van der Waals surface area contributed by atoms with E-state index in [0.717, 1.165) is 24.2 Å². The molecule has 0 bridgehead atoms. The lowest BCUT2D eigenvalue weighted by Gasteiger charge is -2.18. The van der Waals surface area contributed by atoms with Gasteiger partial charge in [0.05, 0.1) is 12.6 Å². The van der Waals surface area contributed by atoms with E-state index in [-0.39, 0.29) is 11.9 Å². The van der Waals surface area contributed by atoms with E-state index in [1.165, 1.54) is 0 Å². The van der Waals surface area contributed by atoms with Gasteiger partial charge in [0, 0.05) is 23.6 Å². The summed E-state index contributed by atoms with van der Waals surface area (Å²) in [5.41, 5.74) is 6.33. The predicted molar refractivity (Wildman–Crippen MR) is 70.7 cm³/mol. The Morgan fingerprint density at radius 1 is 1.56 bits per heavy atom. The summed E-state index contributed by atoms with van der Waals surface area (Å²) in [6, 6.07) is 5.46. The van der Waals surface area contributed by atoms with Crippen LogP contribution in [0.25, 0.3) is 0 Å². The molecule has 0 saturated carbocycles. The molecule has 1 heterocycles. The molecule has 1 aromatic rings. The molecule has 18 heavy (non-hydrogen) atoms. The number of halogens is 1. The third-order valence-corrected chi connectivity index (χ3v) is 3.18. The van der Waals surface area contributed by atoms with Crippen molar-refractivity contribution in [2.24, 2.45) is 5.73 Å². The van der Waals surface area contributed by atoms with Crippen LogP contribution in [-0.2, 0) is 4.79 Å². The highest BCUT2D eigenvalue weighted by Crippen LogP contribution is 2.33. The monoisotopic (exact) mass is 268 g/mol. The average Bonchev–Trinajstić information content (AvgIpc) is 2.52. The largest absolute Gasteiger partial charge is 0.493 e. The van der Waals surface area contributed by atoms with Gasteiger partial charge in [0.2, 0.25) is 5.91 Å². The van der Waals surface area contributed by atoms with E-state index in [9.17, 15) is 4.79 Å². The number of benzene rings is 1. The van der Waals surface area contributed by atoms with E-state index in [2.05, 4.69) is 5.32 Å². The van der Waals surface area contributed by atoms with Gasteiger partial charge in [0.25, 0.3) is 0 Å². The van der Waals surface area contributed by atoms with Crippen LogP contribution in [0.2, 0.25) is 5.02 Å². The van der Waals surface area contributed by atoms with Gasteiger partial charge in [-0.1, -0.05) is 11.6 Å². The second kappa shape index (κ2) is 6.07. The highest BCUT2D eigenvalue weighted by atomic mass is 35.5. The Balaban J connectivity index is 2.20. The SMILES string of the molecule is NCCC(=O)NC1CCCOc2ccc(Cl)cc21. The van der Waals surface area contributed by atoms with Crippen molar-refractivity contribution in [2.45, 2.75) is 25.3 Å². The third kappa shape index (κ3) is 3.15. The van der Waals surface area contributed by atoms with Crippen molar-refractivity contribution in [1.82, 2.24) is 5.32 Å². The van der Waals surface area contributed by atoms with Crippen molar-refractivity contribution in [3.63, 3.8) is 0 Å². The maximum absolute atomic E-state index is 11.7. The Morgan fingerprint density at radius 2 is 2.39 bits per heavy atom. The van der Waals surface area contributed by atoms with E-state index < -0.39 is 0 Å². The number of carbonyl (C=O) groups excluding carboxylic acids is 1. The molecule has 0 aliphatic carbocycles. The van der Waals surface area contributed by atoms with Crippen LogP contribution in [0.5, 0.6) is 5.75 Å². The molecule has 1 aromatic carbocycles. The quantitative estimate of drug-likeness (QED) is 0.882. The Hall–Kier alpha value is -1.26. The van der Waals surface area contributed by atoms with Crippen molar-refractivity contribution in [3.8, 4) is 5.75 Å². The second-order valence-electron chi connectivity index (χ2n) is 4.33. The van der Waals surface area contributed by atoms with Gasteiger partial charge in [-0.05, 0) is 31.0 Å². The maximum Gasteiger partial charge on any atom is 0.221 e. The summed E-state index contributed by atoms with van der Waals surface area (Å²) in [6.45, 7) is 1.02. The van der Waals surface area contributed by atoms with Crippen LogP contribution in [0.4, 0.5) is 0 Å². The lowest BCUT2D eigenvalue weighted by Crippen LogP contribution is -2.29. The molecule has 1 unspecified atom stereocenters. The summed E-state index contributed by atoms with van der Waals surface area (Å²) in [7, 11) is 0. The van der Waals surface area contributed by atoms with Crippen LogP contribution in [0.3, 0.4) is 0 Å². The zero-order valence-electron chi connectivity index (χ0n) is 10.1. The molecule has 1 atom stereocenters. The van der Waals surface area contributed by atoms with E-state index >= 15 is 0 Å². The van der Waals surface area contributed by atoms with Crippen LogP contribution in [-0.4, -0.2) is 19.1 Å². The Kier molecular flexibility index (Phi) is 4.44. The van der Waals surface area contributed by atoms with Crippen molar-refractivity contribution in [3.05, 3.63) is 28.8 Å². The molecule has 0 radical (unpaired) electrons. The van der Waals surface area contributed by atoms with E-state index in [4.69, 9.17) is 22.1 Å². The molecule has 0 saturated heterocycles. The van der Waals surface area contributed by atoms with Crippen LogP contribution in [0.15, 0.2) is 18.2 Å². The topological polar surface area (TPSA) is 64.4 Å². The minimum absolute atomic E-state index is 0.0321. The van der Waals surface area contributed by atoms with Gasteiger partial charge in [-0.25, -0.2) is 0 Å². The fourth-order valence-electron chi connectivity index (χ4n) is 2.10. The van der Waals surface area contributed by atoms with Gasteiger partial charge in [-0.15, -0.1) is 0 Å². The molecule has 0 aromatic heterocycles. The molecular weight excluding hydrogens is 252 g/mol. The summed E-state index contributed by atoms with van der Waals surface area (Å²) in [5.74, 6) is 0.769. The number of carbonyl (C=O) groups is 1. The highest BCUT2D eigenvalue weighted by Gasteiger charge is 2.21. The van der Waals surface area contributed by atoms with Crippen LogP contribution in [0, 0.1) is 0 Å². The first-order valence-electron chi connectivity index (χ1n) is 6.12. The number of nitrogens with two attached hydrogens (primary N) is 1. The number of hydrogen-bond acceptors (Lipinski definition) is 3. The molecule has 5 heteroatoms. The van der Waals surface area contributed by atoms with Gasteiger partial charge in [-0.3, -0.25) is 4.79 Å². The first-order valence-corrected chi connectivity index (χ1v) is 6.50. The number of rotatable bonds is 3. The van der Waals surface area contributed by atoms with Gasteiger partial charge in [-0.2, -0.15) is 0 Å². The third-order valence-electron chi connectivity index (χ3n) is 2.95. The van der Waals surface area contributed by atoms with Crippen LogP contribution in [0.1, 0.15) is 30.9 Å². The molecule has 3 N–H and O–H groups in total. The van der Waals surface area contributed by atoms with E-state index in [1.54, 1.807) is 6.07 Å². The second-order valence-corrected chi connectivity index (χ2v) is 4.77. The van der Waals surface area contributed by atoms with E-state index in [0.29, 0.717) is 24.6 Å². The Morgan fingerprint density at radius 3 is 3.17 bits per heavy atom. The molecule has 1 aliphatic heterocycles. The molecule has 2 rings (SSSR count). The number of amides is 1. The van der Waals surface area contributed by atoms with E-state index in [1.807, 2.05) is 12.1 Å². The minimum atomic E-state index is -0.0414. The molecule has 98 valence electrons. The number of nitrogens with one attached hydrogen (secondary N) is 1. The Bertz CT molecular complexity index is 437.